The molecule has 0 saturated carbocycles. The molecule has 1 heterocycles. The highest BCUT2D eigenvalue weighted by Crippen LogP contribution is 2.43. The molecule has 1 aliphatic rings. The number of aliphatic hydroxyl groups is 1. The number of carbonyl (C=O) groups excluding carboxylic acids is 1. The maximum atomic E-state index is 11.7. The van der Waals surface area contributed by atoms with Gasteiger partial charge in [0.05, 0.1) is 5.41 Å². The van der Waals surface area contributed by atoms with Gasteiger partial charge in [-0.3, -0.25) is 9.69 Å². The Bertz CT molecular complexity index is 1390. The van der Waals surface area contributed by atoms with Crippen LogP contribution in [-0.2, 0) is 16.0 Å². The van der Waals surface area contributed by atoms with Crippen molar-refractivity contribution in [3.05, 3.63) is 94.4 Å². The van der Waals surface area contributed by atoms with Gasteiger partial charge in [0.25, 0.3) is 0 Å². The van der Waals surface area contributed by atoms with E-state index in [9.17, 15) is 9.90 Å². The summed E-state index contributed by atoms with van der Waals surface area (Å²) in [6.07, 6.45) is 0.464. The minimum atomic E-state index is -0.761. The van der Waals surface area contributed by atoms with E-state index in [1.807, 2.05) is 61.5 Å². The summed E-state index contributed by atoms with van der Waals surface area (Å²) in [5.74, 6) is 0.983. The van der Waals surface area contributed by atoms with E-state index in [0.29, 0.717) is 5.75 Å². The van der Waals surface area contributed by atoms with Gasteiger partial charge in [-0.1, -0.05) is 42.5 Å². The molecule has 0 saturated heterocycles. The zero-order valence-electron chi connectivity index (χ0n) is 23.4. The van der Waals surface area contributed by atoms with Crippen molar-refractivity contribution in [2.24, 2.45) is 5.41 Å². The van der Waals surface area contributed by atoms with Crippen LogP contribution in [0.3, 0.4) is 0 Å². The van der Waals surface area contributed by atoms with Crippen LogP contribution in [0.4, 0.5) is 0 Å². The summed E-state index contributed by atoms with van der Waals surface area (Å²) in [7, 11) is 3.90. The molecule has 2 atom stereocenters. The maximum absolute atomic E-state index is 11.7. The molecule has 4 aromatic rings. The number of carbonyl (C=O) groups is 1. The van der Waals surface area contributed by atoms with Gasteiger partial charge in [0.1, 0.15) is 23.8 Å². The predicted molar refractivity (Wildman–Crippen MR) is 156 cm³/mol. The van der Waals surface area contributed by atoms with Crippen molar-refractivity contribution in [2.75, 3.05) is 20.9 Å². The van der Waals surface area contributed by atoms with Crippen molar-refractivity contribution in [1.29, 1.82) is 0 Å². The SMILES string of the molecule is CC(Oc1ccc(C(O)c2ccc(OCOC(=O)C(C)(C)C)cc2)cc1)N(C)C.c1ccc2c3c(sc2c1)C3. The molecule has 3 aromatic carbocycles. The second-order valence-electron chi connectivity index (χ2n) is 10.8. The highest BCUT2D eigenvalue weighted by Gasteiger charge is 2.23. The molecule has 1 aliphatic carbocycles. The van der Waals surface area contributed by atoms with Crippen LogP contribution in [0.25, 0.3) is 10.1 Å². The van der Waals surface area contributed by atoms with Gasteiger partial charge in [0.15, 0.2) is 0 Å². The van der Waals surface area contributed by atoms with Crippen molar-refractivity contribution in [2.45, 2.75) is 46.4 Å². The van der Waals surface area contributed by atoms with Crippen LogP contribution in [0.1, 0.15) is 55.4 Å². The standard InChI is InChI=1S/C23H31NO5.C9H6S/c1-16(24(5)6)29-20-13-9-18(10-14-20)21(25)17-7-11-19(12-8-17)27-15-28-22(26)23(2,3)4;1-2-4-8-6(3-1)7-5-9(7)10-8/h7-14,16,21,25H,15H2,1-6H3;1-4H,5H2. The molecule has 0 bridgehead atoms. The molecule has 206 valence electrons. The van der Waals surface area contributed by atoms with Crippen LogP contribution in [0.2, 0.25) is 0 Å². The lowest BCUT2D eigenvalue weighted by Crippen LogP contribution is -2.30. The predicted octanol–water partition coefficient (Wildman–Crippen LogP) is 6.79. The molecule has 2 unspecified atom stereocenters. The van der Waals surface area contributed by atoms with Gasteiger partial charge in [-0.05, 0) is 94.2 Å². The Hall–Kier alpha value is -3.39. The van der Waals surface area contributed by atoms with Crippen molar-refractivity contribution in [1.82, 2.24) is 4.90 Å². The van der Waals surface area contributed by atoms with Crippen molar-refractivity contribution >= 4 is 27.4 Å². The number of hydrogen-bond donors (Lipinski definition) is 1. The summed E-state index contributed by atoms with van der Waals surface area (Å²) < 4.78 is 17.8. The number of ether oxygens (including phenoxy) is 3. The Balaban J connectivity index is 0.000000287. The second kappa shape index (κ2) is 12.2. The van der Waals surface area contributed by atoms with Gasteiger partial charge in [-0.15, -0.1) is 11.3 Å². The fourth-order valence-corrected chi connectivity index (χ4v) is 4.90. The largest absolute Gasteiger partial charge is 0.475 e. The fourth-order valence-electron chi connectivity index (χ4n) is 3.73. The molecule has 39 heavy (non-hydrogen) atoms. The molecular weight excluding hydrogens is 510 g/mol. The van der Waals surface area contributed by atoms with E-state index >= 15 is 0 Å². The van der Waals surface area contributed by atoms with Crippen molar-refractivity contribution < 1.29 is 24.1 Å². The Morgan fingerprint density at radius 1 is 0.949 bits per heavy atom. The first-order valence-electron chi connectivity index (χ1n) is 13.0. The summed E-state index contributed by atoms with van der Waals surface area (Å²) >= 11 is 1.94. The molecule has 0 amide bonds. The van der Waals surface area contributed by atoms with Crippen molar-refractivity contribution in [3.8, 4) is 11.5 Å². The van der Waals surface area contributed by atoms with Crippen LogP contribution in [0, 0.1) is 5.41 Å². The molecule has 1 N–H and O–H groups in total. The van der Waals surface area contributed by atoms with Gasteiger partial charge in [0, 0.05) is 16.0 Å². The summed E-state index contributed by atoms with van der Waals surface area (Å²) in [5, 5.41) is 12.1. The molecular formula is C32H37NO5S. The number of hydrogen-bond acceptors (Lipinski definition) is 7. The first-order valence-corrected chi connectivity index (χ1v) is 13.8. The van der Waals surface area contributed by atoms with E-state index < -0.39 is 11.5 Å². The summed E-state index contributed by atoms with van der Waals surface area (Å²) in [5.41, 5.74) is 2.53. The number of rotatable bonds is 8. The number of aliphatic hydroxyl groups excluding tert-OH is 1. The molecule has 0 aliphatic heterocycles. The summed E-state index contributed by atoms with van der Waals surface area (Å²) in [6.45, 7) is 7.17. The summed E-state index contributed by atoms with van der Waals surface area (Å²) in [4.78, 5) is 15.3. The Morgan fingerprint density at radius 2 is 1.54 bits per heavy atom. The van der Waals surface area contributed by atoms with E-state index in [0.717, 1.165) is 16.9 Å². The monoisotopic (exact) mass is 547 g/mol. The number of thiophene rings is 1. The van der Waals surface area contributed by atoms with Gasteiger partial charge >= 0.3 is 5.97 Å². The quantitative estimate of drug-likeness (QED) is 0.171. The Labute approximate surface area is 234 Å². The van der Waals surface area contributed by atoms with Crippen LogP contribution in [0.15, 0.2) is 72.8 Å². The third-order valence-corrected chi connectivity index (χ3v) is 7.66. The highest BCUT2D eigenvalue weighted by molar-refractivity contribution is 7.20. The fraction of sp³-hybridized carbons (Fsp3) is 0.344. The van der Waals surface area contributed by atoms with Gasteiger partial charge < -0.3 is 19.3 Å². The number of fused-ring (bicyclic) bond motifs is 3. The van der Waals surface area contributed by atoms with Crippen molar-refractivity contribution in [3.63, 3.8) is 0 Å². The third-order valence-electron chi connectivity index (χ3n) is 6.45. The molecule has 0 radical (unpaired) electrons. The zero-order chi connectivity index (χ0) is 28.2. The molecule has 1 aromatic heterocycles. The van der Waals surface area contributed by atoms with Crippen LogP contribution >= 0.6 is 11.3 Å². The third kappa shape index (κ3) is 7.60. The zero-order valence-corrected chi connectivity index (χ0v) is 24.2. The second-order valence-corrected chi connectivity index (χ2v) is 12.0. The first kappa shape index (κ1) is 28.6. The lowest BCUT2D eigenvalue weighted by Gasteiger charge is -2.21. The molecule has 0 fully saturated rings. The molecule has 5 rings (SSSR count). The van der Waals surface area contributed by atoms with Gasteiger partial charge in [-0.25, -0.2) is 0 Å². The average Bonchev–Trinajstić information content (AvgIpc) is 3.59. The molecule has 7 heteroatoms. The van der Waals surface area contributed by atoms with Crippen LogP contribution < -0.4 is 9.47 Å². The first-order chi connectivity index (χ1) is 18.5. The Morgan fingerprint density at radius 3 is 2.10 bits per heavy atom. The summed E-state index contributed by atoms with van der Waals surface area (Å²) in [6, 6.07) is 23.1. The highest BCUT2D eigenvalue weighted by atomic mass is 32.1. The van der Waals surface area contributed by atoms with E-state index in [1.165, 1.54) is 16.5 Å². The molecule has 6 nitrogen and oxygen atoms in total. The van der Waals surface area contributed by atoms with E-state index in [2.05, 4.69) is 24.3 Å². The minimum absolute atomic E-state index is 0.0408. The number of esters is 1. The van der Waals surface area contributed by atoms with Gasteiger partial charge in [-0.2, -0.15) is 0 Å². The minimum Gasteiger partial charge on any atom is -0.475 e. The smallest absolute Gasteiger partial charge is 0.314 e. The number of nitrogens with zero attached hydrogens (tertiary/aromatic N) is 1. The maximum Gasteiger partial charge on any atom is 0.314 e. The van der Waals surface area contributed by atoms with Gasteiger partial charge in [0.2, 0.25) is 6.79 Å². The number of benzene rings is 3. The lowest BCUT2D eigenvalue weighted by molar-refractivity contribution is -0.159. The Kier molecular flexibility index (Phi) is 8.95. The average molecular weight is 548 g/mol. The van der Waals surface area contributed by atoms with Crippen LogP contribution in [-0.4, -0.2) is 43.1 Å². The molecule has 0 spiro atoms. The topological polar surface area (TPSA) is 68.2 Å². The van der Waals surface area contributed by atoms with E-state index in [4.69, 9.17) is 14.2 Å². The normalized spacial score (nSPS) is 13.6. The lowest BCUT2D eigenvalue weighted by atomic mass is 9.98. The van der Waals surface area contributed by atoms with Crippen LogP contribution in [0.5, 0.6) is 11.5 Å². The van der Waals surface area contributed by atoms with E-state index in [1.54, 1.807) is 55.5 Å². The van der Waals surface area contributed by atoms with E-state index in [-0.39, 0.29) is 19.0 Å².